The lowest BCUT2D eigenvalue weighted by molar-refractivity contribution is 0.167. The molecule has 0 aromatic carbocycles. The minimum absolute atomic E-state index is 0.224. The number of halogens is 1. The first-order valence-corrected chi connectivity index (χ1v) is 4.43. The number of aromatic nitrogens is 2. The molecule has 1 aromatic rings. The lowest BCUT2D eigenvalue weighted by Crippen LogP contribution is -2.15. The second-order valence-corrected chi connectivity index (χ2v) is 2.99. The van der Waals surface area contributed by atoms with Gasteiger partial charge in [0, 0.05) is 12.4 Å². The Morgan fingerprint density at radius 3 is 2.77 bits per heavy atom. The van der Waals surface area contributed by atoms with Gasteiger partial charge in [0.25, 0.3) is 0 Å². The molecule has 0 aliphatic heterocycles. The van der Waals surface area contributed by atoms with Crippen molar-refractivity contribution in [3.05, 3.63) is 16.9 Å². The van der Waals surface area contributed by atoms with E-state index < -0.39 is 6.09 Å². The van der Waals surface area contributed by atoms with Crippen LogP contribution in [0.4, 0.5) is 10.7 Å². The summed E-state index contributed by atoms with van der Waals surface area (Å²) >= 11 is 3.17. The Morgan fingerprint density at radius 1 is 1.62 bits per heavy atom. The van der Waals surface area contributed by atoms with Gasteiger partial charge in [-0.2, -0.15) is 0 Å². The summed E-state index contributed by atoms with van der Waals surface area (Å²) in [5, 5.41) is 2.37. The molecular formula is C7H8BrN3O2. The van der Waals surface area contributed by atoms with Crippen molar-refractivity contribution in [2.24, 2.45) is 0 Å². The summed E-state index contributed by atoms with van der Waals surface area (Å²) in [7, 11) is 0. The van der Waals surface area contributed by atoms with Crippen LogP contribution in [0.15, 0.2) is 16.9 Å². The van der Waals surface area contributed by atoms with Crippen LogP contribution in [0.25, 0.3) is 0 Å². The van der Waals surface area contributed by atoms with Crippen LogP contribution >= 0.6 is 15.9 Å². The van der Waals surface area contributed by atoms with E-state index in [-0.39, 0.29) is 5.95 Å². The molecule has 70 valence electrons. The average molecular weight is 246 g/mol. The molecule has 0 saturated carbocycles. The fourth-order valence-corrected chi connectivity index (χ4v) is 0.840. The maximum Gasteiger partial charge on any atom is 0.414 e. The first-order valence-electron chi connectivity index (χ1n) is 3.63. The van der Waals surface area contributed by atoms with Gasteiger partial charge in [-0.05, 0) is 22.9 Å². The van der Waals surface area contributed by atoms with Gasteiger partial charge in [-0.1, -0.05) is 0 Å². The molecule has 5 nitrogen and oxygen atoms in total. The zero-order valence-electron chi connectivity index (χ0n) is 6.95. The van der Waals surface area contributed by atoms with E-state index in [4.69, 9.17) is 0 Å². The molecule has 0 unspecified atom stereocenters. The minimum Gasteiger partial charge on any atom is -0.450 e. The Balaban J connectivity index is 2.54. The van der Waals surface area contributed by atoms with Crippen LogP contribution in [0.3, 0.4) is 0 Å². The molecule has 0 aliphatic carbocycles. The third-order valence-corrected chi connectivity index (χ3v) is 1.52. The van der Waals surface area contributed by atoms with Gasteiger partial charge in [-0.25, -0.2) is 14.8 Å². The number of hydrogen-bond acceptors (Lipinski definition) is 4. The largest absolute Gasteiger partial charge is 0.450 e. The smallest absolute Gasteiger partial charge is 0.414 e. The van der Waals surface area contributed by atoms with Crippen LogP contribution in [-0.4, -0.2) is 22.7 Å². The molecule has 1 N–H and O–H groups in total. The predicted octanol–water partition coefficient (Wildman–Crippen LogP) is 1.81. The number of anilines is 1. The van der Waals surface area contributed by atoms with E-state index in [1.54, 1.807) is 6.92 Å². The number of amides is 1. The first-order chi connectivity index (χ1) is 6.22. The number of nitrogens with one attached hydrogen (secondary N) is 1. The molecule has 0 fully saturated rings. The number of carbonyl (C=O) groups is 1. The van der Waals surface area contributed by atoms with E-state index in [0.29, 0.717) is 6.61 Å². The third kappa shape index (κ3) is 3.37. The number of hydrogen-bond donors (Lipinski definition) is 1. The van der Waals surface area contributed by atoms with Gasteiger partial charge < -0.3 is 4.74 Å². The maximum absolute atomic E-state index is 10.9. The van der Waals surface area contributed by atoms with Gasteiger partial charge >= 0.3 is 6.09 Å². The summed E-state index contributed by atoms with van der Waals surface area (Å²) in [6.07, 6.45) is 2.52. The molecule has 0 saturated heterocycles. The Bertz CT molecular complexity index is 288. The van der Waals surface area contributed by atoms with Crippen molar-refractivity contribution in [3.63, 3.8) is 0 Å². The monoisotopic (exact) mass is 245 g/mol. The second kappa shape index (κ2) is 4.76. The fourth-order valence-electron chi connectivity index (χ4n) is 0.635. The molecule has 1 rings (SSSR count). The van der Waals surface area contributed by atoms with Crippen LogP contribution < -0.4 is 5.32 Å². The van der Waals surface area contributed by atoms with Gasteiger partial charge in [0.2, 0.25) is 5.95 Å². The Labute approximate surface area is 83.7 Å². The van der Waals surface area contributed by atoms with E-state index in [9.17, 15) is 4.79 Å². The minimum atomic E-state index is -0.551. The van der Waals surface area contributed by atoms with Crippen LogP contribution in [0.1, 0.15) is 6.92 Å². The molecule has 0 radical (unpaired) electrons. The highest BCUT2D eigenvalue weighted by Gasteiger charge is 2.02. The van der Waals surface area contributed by atoms with Crippen molar-refractivity contribution in [2.75, 3.05) is 11.9 Å². The molecule has 1 amide bonds. The quantitative estimate of drug-likeness (QED) is 0.864. The second-order valence-electron chi connectivity index (χ2n) is 2.07. The van der Waals surface area contributed by atoms with Crippen molar-refractivity contribution in [1.29, 1.82) is 0 Å². The van der Waals surface area contributed by atoms with Crippen molar-refractivity contribution < 1.29 is 9.53 Å². The summed E-state index contributed by atoms with van der Waals surface area (Å²) < 4.78 is 5.39. The number of ether oxygens (including phenoxy) is 1. The summed E-state index contributed by atoms with van der Waals surface area (Å²) in [5.41, 5.74) is 0. The number of carbonyl (C=O) groups excluding carboxylic acids is 1. The van der Waals surface area contributed by atoms with Gasteiger partial charge in [0.1, 0.15) is 0 Å². The standard InChI is InChI=1S/C7H8BrN3O2/c1-2-13-7(12)11-6-9-3-5(8)4-10-6/h3-4H,2H2,1H3,(H,9,10,11,12). The highest BCUT2D eigenvalue weighted by Crippen LogP contribution is 2.06. The number of rotatable bonds is 2. The Hall–Kier alpha value is -1.17. The van der Waals surface area contributed by atoms with E-state index in [0.717, 1.165) is 4.47 Å². The summed E-state index contributed by atoms with van der Waals surface area (Å²) in [6, 6.07) is 0. The fraction of sp³-hybridized carbons (Fsp3) is 0.286. The van der Waals surface area contributed by atoms with E-state index in [1.165, 1.54) is 12.4 Å². The van der Waals surface area contributed by atoms with Gasteiger partial charge in [-0.3, -0.25) is 5.32 Å². The summed E-state index contributed by atoms with van der Waals surface area (Å²) in [6.45, 7) is 2.05. The topological polar surface area (TPSA) is 64.1 Å². The average Bonchev–Trinajstić information content (AvgIpc) is 2.09. The van der Waals surface area contributed by atoms with Crippen LogP contribution in [-0.2, 0) is 4.74 Å². The van der Waals surface area contributed by atoms with Crippen LogP contribution in [0.5, 0.6) is 0 Å². The van der Waals surface area contributed by atoms with Crippen molar-refractivity contribution >= 4 is 28.0 Å². The van der Waals surface area contributed by atoms with Gasteiger partial charge in [0.05, 0.1) is 11.1 Å². The summed E-state index contributed by atoms with van der Waals surface area (Å²) in [4.78, 5) is 18.5. The van der Waals surface area contributed by atoms with Crippen molar-refractivity contribution in [2.45, 2.75) is 6.92 Å². The molecule has 0 atom stereocenters. The van der Waals surface area contributed by atoms with Crippen LogP contribution in [0.2, 0.25) is 0 Å². The Kier molecular flexibility index (Phi) is 3.63. The third-order valence-electron chi connectivity index (χ3n) is 1.11. The highest BCUT2D eigenvalue weighted by atomic mass is 79.9. The predicted molar refractivity (Wildman–Crippen MR) is 50.4 cm³/mol. The van der Waals surface area contributed by atoms with E-state index in [2.05, 4.69) is 36.0 Å². The number of nitrogens with zero attached hydrogens (tertiary/aromatic N) is 2. The van der Waals surface area contributed by atoms with Gasteiger partial charge in [0.15, 0.2) is 0 Å². The molecule has 1 heterocycles. The molecule has 0 bridgehead atoms. The lowest BCUT2D eigenvalue weighted by Gasteiger charge is -2.02. The Morgan fingerprint density at radius 2 is 2.23 bits per heavy atom. The SMILES string of the molecule is CCOC(=O)Nc1ncc(Br)cn1. The van der Waals surface area contributed by atoms with E-state index >= 15 is 0 Å². The lowest BCUT2D eigenvalue weighted by atomic mass is 10.7. The van der Waals surface area contributed by atoms with Gasteiger partial charge in [-0.15, -0.1) is 0 Å². The zero-order valence-corrected chi connectivity index (χ0v) is 8.54. The molecule has 0 spiro atoms. The van der Waals surface area contributed by atoms with Crippen LogP contribution in [0, 0.1) is 0 Å². The first kappa shape index (κ1) is 9.91. The molecule has 6 heteroatoms. The normalized spacial score (nSPS) is 9.38. The maximum atomic E-state index is 10.9. The van der Waals surface area contributed by atoms with Crippen molar-refractivity contribution in [1.82, 2.24) is 9.97 Å². The molecular weight excluding hydrogens is 238 g/mol. The van der Waals surface area contributed by atoms with E-state index in [1.807, 2.05) is 0 Å². The molecule has 13 heavy (non-hydrogen) atoms. The zero-order chi connectivity index (χ0) is 9.68. The highest BCUT2D eigenvalue weighted by molar-refractivity contribution is 9.10. The molecule has 0 aliphatic rings. The van der Waals surface area contributed by atoms with Crippen molar-refractivity contribution in [3.8, 4) is 0 Å². The molecule has 1 aromatic heterocycles. The summed E-state index contributed by atoms with van der Waals surface area (Å²) in [5.74, 6) is 0.224.